The second-order valence-electron chi connectivity index (χ2n) is 25.0. The van der Waals surface area contributed by atoms with Crippen molar-refractivity contribution in [1.82, 2.24) is 65.5 Å². The molecule has 24 nitrogen and oxygen atoms in total. The molecule has 10 heterocycles. The van der Waals surface area contributed by atoms with Gasteiger partial charge in [-0.2, -0.15) is 10.2 Å². The second kappa shape index (κ2) is 26.1. The Hall–Kier alpha value is -7.48. The number of nitrogens with two attached hydrogens (primary N) is 1. The summed E-state index contributed by atoms with van der Waals surface area (Å²) >= 11 is 0. The summed E-state index contributed by atoms with van der Waals surface area (Å²) in [5, 5.41) is 31.3. The summed E-state index contributed by atoms with van der Waals surface area (Å²) in [5.41, 5.74) is 19.7. The van der Waals surface area contributed by atoms with E-state index in [1.54, 1.807) is 0 Å². The fraction of sp³-hybridized carbons (Fsp3) is 0.556. The van der Waals surface area contributed by atoms with Gasteiger partial charge < -0.3 is 46.3 Å². The summed E-state index contributed by atoms with van der Waals surface area (Å²) in [5.74, 6) is 0.738. The number of nitrogens with one attached hydrogen (secondary N) is 7. The van der Waals surface area contributed by atoms with Crippen molar-refractivity contribution < 1.29 is 19.1 Å². The first kappa shape index (κ1) is 58.5. The molecule has 1 aliphatic carbocycles. The molecule has 0 atom stereocenters. The number of amides is 2. The molecule has 7 aliphatic rings. The SMILES string of the molecule is Cc1cc(-c2nc(C(N)=O)c(Nc3ccc(N4CCC(N5CCN(NC(=O)c6nc(-c7cc(C)[nH]n7)c(NC7CCOCC7)nc6Nc6ccc(N7CCC(N8CCN(C9CC9)CC8)CC7)c(C)c6)CC5)CC4)c(C)c3)nc2NC2CCOCC2)n[nH]1. The number of carbonyl (C=O) groups is 2. The highest BCUT2D eigenvalue weighted by Gasteiger charge is 2.35. The van der Waals surface area contributed by atoms with Gasteiger partial charge in [0.05, 0.1) is 0 Å². The molecule has 0 spiro atoms. The van der Waals surface area contributed by atoms with Gasteiger partial charge in [-0.25, -0.2) is 24.9 Å². The van der Waals surface area contributed by atoms with Crippen LogP contribution in [0.5, 0.6) is 0 Å². The van der Waals surface area contributed by atoms with Crippen LogP contribution in [-0.4, -0.2) is 207 Å². The van der Waals surface area contributed by atoms with Crippen LogP contribution >= 0.6 is 0 Å². The molecule has 0 unspecified atom stereocenters. The van der Waals surface area contributed by atoms with E-state index in [0.29, 0.717) is 91.8 Å². The molecule has 2 amide bonds. The van der Waals surface area contributed by atoms with Crippen molar-refractivity contribution in [2.24, 2.45) is 5.73 Å². The number of aromatic amines is 2. The zero-order valence-corrected chi connectivity index (χ0v) is 51.0. The maximum Gasteiger partial charge on any atom is 0.288 e. The van der Waals surface area contributed by atoms with Gasteiger partial charge in [-0.1, -0.05) is 0 Å². The Morgan fingerprint density at radius 2 is 0.908 bits per heavy atom. The van der Waals surface area contributed by atoms with E-state index < -0.39 is 5.91 Å². The van der Waals surface area contributed by atoms with Gasteiger partial charge in [0, 0.05) is 169 Å². The molecule has 0 bridgehead atoms. The lowest BCUT2D eigenvalue weighted by Gasteiger charge is -2.43. The molecule has 0 radical (unpaired) electrons. The molecule has 6 aromatic rings. The van der Waals surface area contributed by atoms with Crippen LogP contribution in [0.1, 0.15) is 108 Å². The summed E-state index contributed by atoms with van der Waals surface area (Å²) in [6.45, 7) is 22.5. The number of piperazine rings is 2. The number of hydrogen-bond acceptors (Lipinski definition) is 20. The molecular weight excluding hydrogens is 1100 g/mol. The third-order valence-corrected chi connectivity index (χ3v) is 18.8. The molecule has 6 saturated heterocycles. The first-order valence-corrected chi connectivity index (χ1v) is 31.8. The highest BCUT2D eigenvalue weighted by Crippen LogP contribution is 2.36. The lowest BCUT2D eigenvalue weighted by Crippen LogP contribution is -2.57. The minimum Gasteiger partial charge on any atom is -0.381 e. The largest absolute Gasteiger partial charge is 0.381 e. The average molecular weight is 1190 g/mol. The van der Waals surface area contributed by atoms with E-state index in [-0.39, 0.29) is 35.2 Å². The van der Waals surface area contributed by atoms with Crippen LogP contribution in [0, 0.1) is 27.7 Å². The lowest BCUT2D eigenvalue weighted by atomic mass is 10.0. The smallest absolute Gasteiger partial charge is 0.288 e. The van der Waals surface area contributed by atoms with Gasteiger partial charge in [0.2, 0.25) is 0 Å². The summed E-state index contributed by atoms with van der Waals surface area (Å²) < 4.78 is 11.3. The number of hydrazine groups is 1. The number of aromatic nitrogens is 8. The summed E-state index contributed by atoms with van der Waals surface area (Å²) in [4.78, 5) is 60.8. The zero-order chi connectivity index (χ0) is 59.5. The van der Waals surface area contributed by atoms with Crippen LogP contribution in [0.3, 0.4) is 0 Å². The Kier molecular flexibility index (Phi) is 17.5. The minimum absolute atomic E-state index is 0.0333. The zero-order valence-electron chi connectivity index (χ0n) is 51.0. The van der Waals surface area contributed by atoms with Crippen molar-refractivity contribution in [3.8, 4) is 22.8 Å². The van der Waals surface area contributed by atoms with E-state index in [0.717, 1.165) is 112 Å². The van der Waals surface area contributed by atoms with E-state index in [2.05, 4.69) is 116 Å². The van der Waals surface area contributed by atoms with Crippen molar-refractivity contribution >= 4 is 57.8 Å². The van der Waals surface area contributed by atoms with Crippen LogP contribution in [0.15, 0.2) is 48.5 Å². The summed E-state index contributed by atoms with van der Waals surface area (Å²) in [6, 6.07) is 18.7. The number of benzene rings is 2. The fourth-order valence-electron chi connectivity index (χ4n) is 13.8. The number of hydrogen-bond donors (Lipinski definition) is 8. The first-order valence-electron chi connectivity index (χ1n) is 31.8. The molecule has 6 aliphatic heterocycles. The van der Waals surface area contributed by atoms with E-state index in [1.807, 2.05) is 37.1 Å². The molecule has 87 heavy (non-hydrogen) atoms. The quantitative estimate of drug-likeness (QED) is 0.0443. The van der Waals surface area contributed by atoms with Crippen molar-refractivity contribution in [2.45, 2.75) is 122 Å². The Morgan fingerprint density at radius 1 is 0.494 bits per heavy atom. The normalized spacial score (nSPS) is 20.4. The van der Waals surface area contributed by atoms with Crippen molar-refractivity contribution in [3.63, 3.8) is 0 Å². The first-order chi connectivity index (χ1) is 42.4. The van der Waals surface area contributed by atoms with Crippen molar-refractivity contribution in [3.05, 3.63) is 82.4 Å². The van der Waals surface area contributed by atoms with E-state index in [9.17, 15) is 9.59 Å². The number of primary amides is 1. The standard InChI is InChI=1S/C63H86N20O4/c1-39-35-45(67-61-56(58(64)84)69-54(50-37-41(3)73-75-50)59(71-61)65-43-15-31-86-32-16-43)5-9-52(39)82-21-13-49(14-22-82)80-27-29-83(30-28-80)77-63(85)57-62(72-60(66-44-17-33-87-34-18-44)55(70-57)51-38-42(4)74-76-51)68-46-6-10-53(40(2)36-46)81-19-11-48(12-20-81)79-25-23-78(24-26-79)47-7-8-47/h5-6,9-10,35-38,43-44,47-49H,7-8,11-34H2,1-4H3,(H2,64,84)(H,73,75)(H,74,76)(H,77,85)(H2,65,67,71)(H2,66,68,72). The Labute approximate surface area is 509 Å². The molecule has 24 heteroatoms. The monoisotopic (exact) mass is 1190 g/mol. The number of piperidine rings is 2. The maximum atomic E-state index is 14.8. The number of aryl methyl sites for hydroxylation is 4. The van der Waals surface area contributed by atoms with Crippen LogP contribution in [-0.2, 0) is 9.47 Å². The van der Waals surface area contributed by atoms with Gasteiger partial charge in [0.25, 0.3) is 11.8 Å². The van der Waals surface area contributed by atoms with Gasteiger partial charge in [-0.05, 0) is 152 Å². The van der Waals surface area contributed by atoms with Crippen molar-refractivity contribution in [2.75, 3.05) is 136 Å². The van der Waals surface area contributed by atoms with Gasteiger partial charge in [0.15, 0.2) is 34.7 Å². The summed E-state index contributed by atoms with van der Waals surface area (Å²) in [6.07, 6.45) is 10.5. The van der Waals surface area contributed by atoms with Crippen LogP contribution in [0.2, 0.25) is 0 Å². The van der Waals surface area contributed by atoms with Crippen molar-refractivity contribution in [1.29, 1.82) is 0 Å². The predicted octanol–water partition coefficient (Wildman–Crippen LogP) is 6.73. The molecule has 13 rings (SSSR count). The van der Waals surface area contributed by atoms with Gasteiger partial charge >= 0.3 is 0 Å². The van der Waals surface area contributed by atoms with Crippen LogP contribution in [0.25, 0.3) is 22.8 Å². The number of anilines is 8. The molecule has 7 fully saturated rings. The third-order valence-electron chi connectivity index (χ3n) is 18.8. The highest BCUT2D eigenvalue weighted by atomic mass is 16.5. The Morgan fingerprint density at radius 3 is 1.31 bits per heavy atom. The van der Waals surface area contributed by atoms with Gasteiger partial charge in [0.1, 0.15) is 22.8 Å². The van der Waals surface area contributed by atoms with Crippen LogP contribution < -0.4 is 42.2 Å². The lowest BCUT2D eigenvalue weighted by molar-refractivity contribution is 0.0464. The number of ether oxygens (including phenoxy) is 2. The Balaban J connectivity index is 0.650. The van der Waals surface area contributed by atoms with E-state index in [4.69, 9.17) is 35.1 Å². The topological polar surface area (TPSA) is 267 Å². The maximum absolute atomic E-state index is 14.8. The molecule has 4 aromatic heterocycles. The third kappa shape index (κ3) is 13.7. The second-order valence-corrected chi connectivity index (χ2v) is 25.0. The van der Waals surface area contributed by atoms with Gasteiger partial charge in [-0.3, -0.25) is 39.9 Å². The highest BCUT2D eigenvalue weighted by molar-refractivity contribution is 5.99. The molecule has 462 valence electrons. The fourth-order valence-corrected chi connectivity index (χ4v) is 13.8. The molecule has 2 aromatic carbocycles. The predicted molar refractivity (Wildman–Crippen MR) is 338 cm³/mol. The average Bonchev–Trinajstić information content (AvgIpc) is 2.41. The number of rotatable bonds is 18. The van der Waals surface area contributed by atoms with Crippen LogP contribution in [0.4, 0.5) is 46.0 Å². The summed E-state index contributed by atoms with van der Waals surface area (Å²) in [7, 11) is 0. The molecule has 1 saturated carbocycles. The van der Waals surface area contributed by atoms with E-state index in [1.165, 1.54) is 68.8 Å². The molecular formula is C63H86N20O4. The van der Waals surface area contributed by atoms with E-state index >= 15 is 0 Å². The number of nitrogens with zero attached hydrogens (tertiary/aromatic N) is 12. The van der Waals surface area contributed by atoms with Gasteiger partial charge in [-0.15, -0.1) is 0 Å². The Bertz CT molecular complexity index is 3380. The number of H-pyrrole nitrogens is 2. The molecule has 9 N–H and O–H groups in total. The minimum atomic E-state index is -0.688. The number of carbonyl (C=O) groups excluding carboxylic acids is 2.